The fourth-order valence-corrected chi connectivity index (χ4v) is 2.86. The summed E-state index contributed by atoms with van der Waals surface area (Å²) in [5.74, 6) is 0.178. The number of carbonyl (C=O) groups excluding carboxylic acids is 1. The Labute approximate surface area is 144 Å². The molecule has 1 heterocycles. The van der Waals surface area contributed by atoms with Crippen molar-refractivity contribution in [1.29, 1.82) is 0 Å². The Kier molecular flexibility index (Phi) is 6.70. The van der Waals surface area contributed by atoms with Crippen LogP contribution in [0.4, 0.5) is 0 Å². The number of hydrogen-bond acceptors (Lipinski definition) is 4. The number of aromatic nitrogens is 2. The maximum atomic E-state index is 11.7. The zero-order valence-corrected chi connectivity index (χ0v) is 14.1. The van der Waals surface area contributed by atoms with Crippen LogP contribution in [0.25, 0.3) is 0 Å². The Balaban J connectivity index is 2.06. The van der Waals surface area contributed by atoms with E-state index >= 15 is 0 Å². The first-order valence-electron chi connectivity index (χ1n) is 7.04. The topological polar surface area (TPSA) is 67.2 Å². The number of thioether (sulfide) groups is 1. The van der Waals surface area contributed by atoms with Gasteiger partial charge in [-0.1, -0.05) is 41.6 Å². The number of aliphatic hydroxyl groups excluding tert-OH is 1. The van der Waals surface area contributed by atoms with Gasteiger partial charge in [-0.25, -0.2) is 4.98 Å². The van der Waals surface area contributed by atoms with Crippen molar-refractivity contribution in [2.75, 3.05) is 12.3 Å². The predicted octanol–water partition coefficient (Wildman–Crippen LogP) is 2.47. The minimum atomic E-state index is -0.135. The van der Waals surface area contributed by atoms with Crippen LogP contribution < -0.4 is 5.32 Å². The molecule has 0 unspecified atom stereocenters. The zero-order valence-electron chi connectivity index (χ0n) is 12.5. The summed E-state index contributed by atoms with van der Waals surface area (Å²) in [7, 11) is 0. The number of imidazole rings is 1. The molecule has 1 aromatic heterocycles. The first-order chi connectivity index (χ1) is 11.1. The molecule has 5 nitrogen and oxygen atoms in total. The predicted molar refractivity (Wildman–Crippen MR) is 92.6 cm³/mol. The monoisotopic (exact) mass is 351 g/mol. The molecule has 7 heteroatoms. The van der Waals surface area contributed by atoms with E-state index in [9.17, 15) is 9.90 Å². The van der Waals surface area contributed by atoms with E-state index in [2.05, 4.69) is 16.9 Å². The van der Waals surface area contributed by atoms with Crippen LogP contribution in [-0.2, 0) is 17.9 Å². The van der Waals surface area contributed by atoms with Gasteiger partial charge in [0, 0.05) is 24.3 Å². The highest BCUT2D eigenvalue weighted by atomic mass is 35.5. The minimum Gasteiger partial charge on any atom is -0.390 e. The summed E-state index contributed by atoms with van der Waals surface area (Å²) in [4.78, 5) is 16.0. The van der Waals surface area contributed by atoms with Gasteiger partial charge in [-0.2, -0.15) is 0 Å². The van der Waals surface area contributed by atoms with E-state index in [0.29, 0.717) is 29.0 Å². The third-order valence-electron chi connectivity index (χ3n) is 2.99. The van der Waals surface area contributed by atoms with Crippen molar-refractivity contribution in [3.63, 3.8) is 0 Å². The van der Waals surface area contributed by atoms with Crippen LogP contribution in [0.5, 0.6) is 0 Å². The van der Waals surface area contributed by atoms with Crippen LogP contribution in [0.3, 0.4) is 0 Å². The van der Waals surface area contributed by atoms with Gasteiger partial charge in [0.2, 0.25) is 5.91 Å². The van der Waals surface area contributed by atoms with Crippen LogP contribution in [0.1, 0.15) is 11.3 Å². The highest BCUT2D eigenvalue weighted by Gasteiger charge is 2.11. The number of halogens is 1. The number of aliphatic hydroxyl groups is 1. The lowest BCUT2D eigenvalue weighted by Gasteiger charge is -2.08. The van der Waals surface area contributed by atoms with Gasteiger partial charge < -0.3 is 15.0 Å². The summed E-state index contributed by atoms with van der Waals surface area (Å²) in [6.07, 6.45) is 3.42. The van der Waals surface area contributed by atoms with Gasteiger partial charge in [0.25, 0.3) is 0 Å². The van der Waals surface area contributed by atoms with E-state index in [1.807, 2.05) is 28.8 Å². The molecule has 23 heavy (non-hydrogen) atoms. The molecule has 2 aromatic rings. The summed E-state index contributed by atoms with van der Waals surface area (Å²) in [5, 5.41) is 13.4. The van der Waals surface area contributed by atoms with Crippen molar-refractivity contribution in [3.05, 3.63) is 59.4 Å². The molecule has 0 spiro atoms. The highest BCUT2D eigenvalue weighted by Crippen LogP contribution is 2.20. The van der Waals surface area contributed by atoms with Crippen molar-refractivity contribution in [1.82, 2.24) is 14.9 Å². The van der Waals surface area contributed by atoms with Crippen LogP contribution in [0, 0.1) is 0 Å². The maximum absolute atomic E-state index is 11.7. The van der Waals surface area contributed by atoms with Gasteiger partial charge in [0.05, 0.1) is 18.1 Å². The SMILES string of the molecule is C=CCNC(=O)CSc1nc(CO)cn1Cc1ccc(Cl)cc1. The van der Waals surface area contributed by atoms with Crippen molar-refractivity contribution < 1.29 is 9.90 Å². The number of rotatable bonds is 8. The average molecular weight is 352 g/mol. The lowest BCUT2D eigenvalue weighted by atomic mass is 10.2. The normalized spacial score (nSPS) is 10.5. The number of carbonyl (C=O) groups is 1. The summed E-state index contributed by atoms with van der Waals surface area (Å²) in [6.45, 7) is 4.47. The second-order valence-corrected chi connectivity index (χ2v) is 6.19. The van der Waals surface area contributed by atoms with Crippen molar-refractivity contribution in [2.45, 2.75) is 18.3 Å². The molecular weight excluding hydrogens is 334 g/mol. The Morgan fingerprint density at radius 1 is 1.43 bits per heavy atom. The first kappa shape index (κ1) is 17.6. The number of nitrogens with one attached hydrogen (secondary N) is 1. The molecule has 0 radical (unpaired) electrons. The Morgan fingerprint density at radius 3 is 2.83 bits per heavy atom. The lowest BCUT2D eigenvalue weighted by molar-refractivity contribution is -0.118. The van der Waals surface area contributed by atoms with Gasteiger partial charge in [-0.3, -0.25) is 4.79 Å². The number of hydrogen-bond donors (Lipinski definition) is 2. The number of nitrogens with zero attached hydrogens (tertiary/aromatic N) is 2. The summed E-state index contributed by atoms with van der Waals surface area (Å²) in [6, 6.07) is 7.53. The molecule has 0 bridgehead atoms. The molecule has 0 aliphatic carbocycles. The Bertz CT molecular complexity index is 670. The summed E-state index contributed by atoms with van der Waals surface area (Å²) in [5.41, 5.74) is 1.64. The zero-order chi connectivity index (χ0) is 16.7. The van der Waals surface area contributed by atoms with E-state index in [4.69, 9.17) is 11.6 Å². The van der Waals surface area contributed by atoms with Crippen LogP contribution >= 0.6 is 23.4 Å². The van der Waals surface area contributed by atoms with E-state index in [0.717, 1.165) is 5.56 Å². The third kappa shape index (κ3) is 5.42. The fourth-order valence-electron chi connectivity index (χ4n) is 1.91. The summed E-state index contributed by atoms with van der Waals surface area (Å²) >= 11 is 7.22. The second kappa shape index (κ2) is 8.76. The Morgan fingerprint density at radius 2 is 2.17 bits per heavy atom. The molecule has 2 rings (SSSR count). The molecule has 2 N–H and O–H groups in total. The van der Waals surface area contributed by atoms with Crippen LogP contribution in [-0.4, -0.2) is 32.9 Å². The third-order valence-corrected chi connectivity index (χ3v) is 4.24. The fraction of sp³-hybridized carbons (Fsp3) is 0.250. The quantitative estimate of drug-likeness (QED) is 0.566. The number of amides is 1. The standard InChI is InChI=1S/C16H18ClN3O2S/c1-2-7-18-15(22)11-23-16-19-14(10-21)9-20(16)8-12-3-5-13(17)6-4-12/h2-6,9,21H,1,7-8,10-11H2,(H,18,22). The average Bonchev–Trinajstić information content (AvgIpc) is 2.95. The highest BCUT2D eigenvalue weighted by molar-refractivity contribution is 7.99. The van der Waals surface area contributed by atoms with Gasteiger partial charge >= 0.3 is 0 Å². The second-order valence-electron chi connectivity index (χ2n) is 4.81. The largest absolute Gasteiger partial charge is 0.390 e. The molecule has 0 atom stereocenters. The smallest absolute Gasteiger partial charge is 0.230 e. The molecular formula is C16H18ClN3O2S. The molecule has 1 aromatic carbocycles. The van der Waals surface area contributed by atoms with Crippen molar-refractivity contribution in [2.24, 2.45) is 0 Å². The van der Waals surface area contributed by atoms with Crippen molar-refractivity contribution in [3.8, 4) is 0 Å². The molecule has 0 saturated heterocycles. The van der Waals surface area contributed by atoms with E-state index in [1.54, 1.807) is 12.3 Å². The van der Waals surface area contributed by atoms with Gasteiger partial charge in [0.1, 0.15) is 0 Å². The van der Waals surface area contributed by atoms with Gasteiger partial charge in [-0.15, -0.1) is 6.58 Å². The molecule has 0 fully saturated rings. The van der Waals surface area contributed by atoms with Crippen molar-refractivity contribution >= 4 is 29.3 Å². The first-order valence-corrected chi connectivity index (χ1v) is 8.40. The molecule has 0 saturated carbocycles. The van der Waals surface area contributed by atoms with E-state index in [1.165, 1.54) is 11.8 Å². The number of benzene rings is 1. The lowest BCUT2D eigenvalue weighted by Crippen LogP contribution is -2.25. The summed E-state index contributed by atoms with van der Waals surface area (Å²) < 4.78 is 1.92. The Hall–Kier alpha value is -1.76. The van der Waals surface area contributed by atoms with Crippen LogP contribution in [0.2, 0.25) is 5.02 Å². The molecule has 1 amide bonds. The maximum Gasteiger partial charge on any atom is 0.230 e. The minimum absolute atomic E-state index is 0.0820. The van der Waals surface area contributed by atoms with E-state index < -0.39 is 0 Å². The van der Waals surface area contributed by atoms with E-state index in [-0.39, 0.29) is 18.3 Å². The van der Waals surface area contributed by atoms with Crippen LogP contribution in [0.15, 0.2) is 48.3 Å². The molecule has 0 aliphatic rings. The molecule has 122 valence electrons. The van der Waals surface area contributed by atoms with Gasteiger partial charge in [-0.05, 0) is 17.7 Å². The molecule has 0 aliphatic heterocycles. The van der Waals surface area contributed by atoms with Gasteiger partial charge in [0.15, 0.2) is 5.16 Å².